The van der Waals surface area contributed by atoms with Crippen LogP contribution in [0.2, 0.25) is 0 Å². The lowest BCUT2D eigenvalue weighted by Crippen LogP contribution is -2.07. The van der Waals surface area contributed by atoms with Gasteiger partial charge in [0.2, 0.25) is 0 Å². The Morgan fingerprint density at radius 2 is 2.25 bits per heavy atom. The Labute approximate surface area is 72.0 Å². The Balaban J connectivity index is 1.94. The van der Waals surface area contributed by atoms with Crippen molar-refractivity contribution in [2.75, 3.05) is 0 Å². The average Bonchev–Trinajstić information content (AvgIpc) is 2.63. The second-order valence-corrected chi connectivity index (χ2v) is 3.57. The third kappa shape index (κ3) is 1.60. The van der Waals surface area contributed by atoms with Gasteiger partial charge < -0.3 is 5.11 Å². The Morgan fingerprint density at radius 3 is 2.83 bits per heavy atom. The van der Waals surface area contributed by atoms with Crippen LogP contribution in [0, 0.1) is 5.92 Å². The Kier molecular flexibility index (Phi) is 2.02. The van der Waals surface area contributed by atoms with E-state index >= 15 is 0 Å². The molecule has 1 heterocycles. The molecule has 1 aliphatic carbocycles. The van der Waals surface area contributed by atoms with Crippen molar-refractivity contribution in [1.29, 1.82) is 0 Å². The normalized spacial score (nSPS) is 18.7. The Morgan fingerprint density at radius 1 is 1.50 bits per heavy atom. The minimum Gasteiger partial charge on any atom is -0.505 e. The molecule has 1 aromatic rings. The van der Waals surface area contributed by atoms with E-state index in [0.29, 0.717) is 0 Å². The fourth-order valence-electron chi connectivity index (χ4n) is 1.91. The molecule has 0 unspecified atom stereocenters. The zero-order valence-corrected chi connectivity index (χ0v) is 7.11. The molecule has 1 fully saturated rings. The smallest absolute Gasteiger partial charge is 0.153 e. The summed E-state index contributed by atoms with van der Waals surface area (Å²) in [5, 5.41) is 13.1. The molecule has 3 heteroatoms. The largest absolute Gasteiger partial charge is 0.505 e. The molecule has 0 bridgehead atoms. The van der Waals surface area contributed by atoms with Crippen LogP contribution in [0.1, 0.15) is 25.7 Å². The summed E-state index contributed by atoms with van der Waals surface area (Å²) < 4.78 is 1.84. The predicted molar refractivity (Wildman–Crippen MR) is 45.8 cm³/mol. The van der Waals surface area contributed by atoms with Gasteiger partial charge in [-0.3, -0.25) is 4.68 Å². The second kappa shape index (κ2) is 3.17. The van der Waals surface area contributed by atoms with Crippen molar-refractivity contribution < 1.29 is 5.11 Å². The van der Waals surface area contributed by atoms with Gasteiger partial charge in [-0.05, 0) is 18.8 Å². The van der Waals surface area contributed by atoms with Crippen LogP contribution in [-0.4, -0.2) is 14.9 Å². The molecular weight excluding hydrogens is 152 g/mol. The number of aromatic hydroxyl groups is 1. The van der Waals surface area contributed by atoms with Crippen molar-refractivity contribution in [3.05, 3.63) is 12.4 Å². The lowest BCUT2D eigenvalue weighted by Gasteiger charge is -2.07. The zero-order valence-electron chi connectivity index (χ0n) is 7.11. The zero-order chi connectivity index (χ0) is 8.39. The van der Waals surface area contributed by atoms with Crippen LogP contribution in [0.25, 0.3) is 0 Å². The fraction of sp³-hybridized carbons (Fsp3) is 0.667. The summed E-state index contributed by atoms with van der Waals surface area (Å²) in [6, 6.07) is 0. The van der Waals surface area contributed by atoms with E-state index < -0.39 is 0 Å². The van der Waals surface area contributed by atoms with E-state index in [4.69, 9.17) is 5.11 Å². The molecule has 1 aromatic heterocycles. The maximum absolute atomic E-state index is 9.04. The third-order valence-electron chi connectivity index (χ3n) is 2.54. The van der Waals surface area contributed by atoms with Gasteiger partial charge in [0, 0.05) is 6.54 Å². The van der Waals surface area contributed by atoms with Crippen LogP contribution in [0.15, 0.2) is 12.4 Å². The van der Waals surface area contributed by atoms with Crippen LogP contribution >= 0.6 is 0 Å². The number of hydrogen-bond acceptors (Lipinski definition) is 2. The molecular formula is C9H14N2O. The number of nitrogens with zero attached hydrogens (tertiary/aromatic N) is 2. The first kappa shape index (κ1) is 7.65. The summed E-state index contributed by atoms with van der Waals surface area (Å²) in [5.41, 5.74) is 0. The molecule has 0 radical (unpaired) electrons. The van der Waals surface area contributed by atoms with E-state index in [-0.39, 0.29) is 5.75 Å². The van der Waals surface area contributed by atoms with Gasteiger partial charge in [0.05, 0.1) is 12.4 Å². The lowest BCUT2D eigenvalue weighted by molar-refractivity contribution is 0.425. The van der Waals surface area contributed by atoms with Crippen molar-refractivity contribution in [2.45, 2.75) is 32.2 Å². The molecule has 1 N–H and O–H groups in total. The molecule has 0 spiro atoms. The molecule has 0 saturated heterocycles. The maximum Gasteiger partial charge on any atom is 0.153 e. The third-order valence-corrected chi connectivity index (χ3v) is 2.54. The van der Waals surface area contributed by atoms with Crippen molar-refractivity contribution in [2.24, 2.45) is 5.92 Å². The van der Waals surface area contributed by atoms with E-state index in [1.54, 1.807) is 6.20 Å². The molecule has 1 aliphatic rings. The van der Waals surface area contributed by atoms with Crippen LogP contribution in [-0.2, 0) is 6.54 Å². The van der Waals surface area contributed by atoms with Crippen molar-refractivity contribution >= 4 is 0 Å². The maximum atomic E-state index is 9.04. The quantitative estimate of drug-likeness (QED) is 0.727. The molecule has 3 nitrogen and oxygen atoms in total. The summed E-state index contributed by atoms with van der Waals surface area (Å²) in [4.78, 5) is 0. The summed E-state index contributed by atoms with van der Waals surface area (Å²) in [6.45, 7) is 0.973. The molecule has 0 aliphatic heterocycles. The van der Waals surface area contributed by atoms with Gasteiger partial charge in [0.25, 0.3) is 0 Å². The van der Waals surface area contributed by atoms with Gasteiger partial charge in [0.15, 0.2) is 5.75 Å². The minimum atomic E-state index is 0.271. The molecule has 0 atom stereocenters. The number of rotatable bonds is 2. The summed E-state index contributed by atoms with van der Waals surface area (Å²) in [6.07, 6.45) is 8.55. The molecule has 0 aromatic carbocycles. The monoisotopic (exact) mass is 166 g/mol. The summed E-state index contributed by atoms with van der Waals surface area (Å²) in [5.74, 6) is 1.05. The van der Waals surface area contributed by atoms with Gasteiger partial charge in [-0.1, -0.05) is 12.8 Å². The first-order valence-electron chi connectivity index (χ1n) is 4.56. The van der Waals surface area contributed by atoms with E-state index in [2.05, 4.69) is 5.10 Å². The topological polar surface area (TPSA) is 38.1 Å². The Hall–Kier alpha value is -0.990. The predicted octanol–water partition coefficient (Wildman–Crippen LogP) is 1.78. The van der Waals surface area contributed by atoms with Gasteiger partial charge >= 0.3 is 0 Å². The van der Waals surface area contributed by atoms with Crippen LogP contribution in [0.5, 0.6) is 5.75 Å². The van der Waals surface area contributed by atoms with E-state index in [0.717, 1.165) is 12.5 Å². The van der Waals surface area contributed by atoms with Gasteiger partial charge in [-0.25, -0.2) is 0 Å². The van der Waals surface area contributed by atoms with Crippen molar-refractivity contribution in [3.63, 3.8) is 0 Å². The SMILES string of the molecule is Oc1cnn(CC2CCCC2)c1. The van der Waals surface area contributed by atoms with E-state index in [1.165, 1.54) is 31.9 Å². The van der Waals surface area contributed by atoms with Gasteiger partial charge in [-0.2, -0.15) is 5.10 Å². The second-order valence-electron chi connectivity index (χ2n) is 3.57. The average molecular weight is 166 g/mol. The standard InChI is InChI=1S/C9H14N2O/c12-9-5-10-11(7-9)6-8-3-1-2-4-8/h5,7-8,12H,1-4,6H2. The van der Waals surface area contributed by atoms with Gasteiger partial charge in [0.1, 0.15) is 0 Å². The Bertz CT molecular complexity index is 251. The van der Waals surface area contributed by atoms with Gasteiger partial charge in [-0.15, -0.1) is 0 Å². The van der Waals surface area contributed by atoms with Crippen LogP contribution in [0.3, 0.4) is 0 Å². The molecule has 2 rings (SSSR count). The minimum absolute atomic E-state index is 0.271. The van der Waals surface area contributed by atoms with Crippen LogP contribution < -0.4 is 0 Å². The highest BCUT2D eigenvalue weighted by Gasteiger charge is 2.15. The highest BCUT2D eigenvalue weighted by molar-refractivity contribution is 5.08. The molecule has 66 valence electrons. The summed E-state index contributed by atoms with van der Waals surface area (Å²) >= 11 is 0. The highest BCUT2D eigenvalue weighted by atomic mass is 16.3. The van der Waals surface area contributed by atoms with Crippen molar-refractivity contribution in [3.8, 4) is 5.75 Å². The first-order chi connectivity index (χ1) is 5.84. The fourth-order valence-corrected chi connectivity index (χ4v) is 1.91. The molecule has 12 heavy (non-hydrogen) atoms. The lowest BCUT2D eigenvalue weighted by atomic mass is 10.1. The number of aromatic nitrogens is 2. The van der Waals surface area contributed by atoms with Crippen LogP contribution in [0.4, 0.5) is 0 Å². The molecule has 0 amide bonds. The molecule has 1 saturated carbocycles. The highest BCUT2D eigenvalue weighted by Crippen LogP contribution is 2.26. The summed E-state index contributed by atoms with van der Waals surface area (Å²) in [7, 11) is 0. The van der Waals surface area contributed by atoms with E-state index in [9.17, 15) is 0 Å². The van der Waals surface area contributed by atoms with E-state index in [1.807, 2.05) is 4.68 Å². The van der Waals surface area contributed by atoms with Crippen molar-refractivity contribution in [1.82, 2.24) is 9.78 Å². The first-order valence-corrected chi connectivity index (χ1v) is 4.56. The number of hydrogen-bond donors (Lipinski definition) is 1.